The number of fused-ring (bicyclic) bond motifs is 1. The van der Waals surface area contributed by atoms with Gasteiger partial charge in [-0.3, -0.25) is 0 Å². The van der Waals surface area contributed by atoms with Crippen molar-refractivity contribution in [1.29, 1.82) is 0 Å². The Balaban J connectivity index is 1.46. The lowest BCUT2D eigenvalue weighted by atomic mass is 9.89. The molecule has 2 fully saturated rings. The molecule has 0 saturated carbocycles. The summed E-state index contributed by atoms with van der Waals surface area (Å²) in [7, 11) is 0. The minimum Gasteiger partial charge on any atom is -0.356 e. The highest BCUT2D eigenvalue weighted by Crippen LogP contribution is 2.33. The summed E-state index contributed by atoms with van der Waals surface area (Å²) in [6.45, 7) is 2.90. The Morgan fingerprint density at radius 2 is 1.87 bits per heavy atom. The summed E-state index contributed by atoms with van der Waals surface area (Å²) in [5, 5.41) is 11.8. The summed E-state index contributed by atoms with van der Waals surface area (Å²) in [6, 6.07) is 8.84. The molecule has 9 heteroatoms. The van der Waals surface area contributed by atoms with Crippen molar-refractivity contribution in [2.75, 3.05) is 24.5 Å². The molecule has 2 aliphatic rings. The Labute approximate surface area is 172 Å². The number of benzene rings is 1. The molecule has 0 bridgehead atoms. The van der Waals surface area contributed by atoms with Crippen LogP contribution < -0.4 is 10.2 Å². The van der Waals surface area contributed by atoms with Gasteiger partial charge in [0.1, 0.15) is 11.3 Å². The number of alkyl halides is 3. The number of halogens is 3. The van der Waals surface area contributed by atoms with E-state index in [-0.39, 0.29) is 5.54 Å². The van der Waals surface area contributed by atoms with Crippen molar-refractivity contribution in [3.8, 4) is 5.69 Å². The predicted octanol–water partition coefficient (Wildman–Crippen LogP) is 3.95. The molecule has 2 aromatic heterocycles. The van der Waals surface area contributed by atoms with Crippen molar-refractivity contribution < 1.29 is 13.2 Å². The number of hydrogen-bond donors (Lipinski definition) is 1. The molecule has 4 heterocycles. The number of aromatic nitrogens is 4. The van der Waals surface area contributed by atoms with Gasteiger partial charge in [-0.05, 0) is 69.0 Å². The molecular weight excluding hydrogens is 393 g/mol. The van der Waals surface area contributed by atoms with Crippen LogP contribution in [0.2, 0.25) is 0 Å². The summed E-state index contributed by atoms with van der Waals surface area (Å²) in [5.74, 6) is 0.813. The fourth-order valence-electron chi connectivity index (χ4n) is 4.68. The highest BCUT2D eigenvalue weighted by atomic mass is 19.4. The molecule has 0 aliphatic carbocycles. The van der Waals surface area contributed by atoms with E-state index in [1.54, 1.807) is 6.07 Å². The van der Waals surface area contributed by atoms with Crippen LogP contribution in [0.25, 0.3) is 16.9 Å². The summed E-state index contributed by atoms with van der Waals surface area (Å²) >= 11 is 0. The largest absolute Gasteiger partial charge is 0.416 e. The molecule has 1 unspecified atom stereocenters. The number of anilines is 1. The van der Waals surface area contributed by atoms with Gasteiger partial charge in [0.2, 0.25) is 0 Å². The molecule has 5 rings (SSSR count). The standard InChI is InChI=1S/C21H23F3N6/c22-21(23,24)15-4-1-5-16(14-15)30-19-17(27-28-30)6-7-18(26-19)29-12-3-9-20(10-13-29)8-2-11-25-20/h1,4-7,14,25H,2-3,8-13H2. The third-order valence-corrected chi connectivity index (χ3v) is 6.30. The van der Waals surface area contributed by atoms with E-state index in [0.29, 0.717) is 16.9 Å². The molecule has 0 amide bonds. The van der Waals surface area contributed by atoms with Crippen LogP contribution in [-0.4, -0.2) is 45.2 Å². The number of nitrogens with one attached hydrogen (secondary N) is 1. The maximum absolute atomic E-state index is 13.1. The van der Waals surface area contributed by atoms with Crippen molar-refractivity contribution in [2.24, 2.45) is 0 Å². The van der Waals surface area contributed by atoms with Crippen LogP contribution in [0.15, 0.2) is 36.4 Å². The van der Waals surface area contributed by atoms with Crippen LogP contribution in [0.1, 0.15) is 37.7 Å². The van der Waals surface area contributed by atoms with E-state index in [9.17, 15) is 13.2 Å². The van der Waals surface area contributed by atoms with Gasteiger partial charge in [0.25, 0.3) is 0 Å². The van der Waals surface area contributed by atoms with Gasteiger partial charge in [-0.25, -0.2) is 4.98 Å². The first-order valence-electron chi connectivity index (χ1n) is 10.3. The van der Waals surface area contributed by atoms with Crippen molar-refractivity contribution in [3.63, 3.8) is 0 Å². The van der Waals surface area contributed by atoms with E-state index in [2.05, 4.69) is 20.5 Å². The molecule has 0 radical (unpaired) electrons. The molecule has 1 aromatic carbocycles. The van der Waals surface area contributed by atoms with E-state index in [1.807, 2.05) is 12.1 Å². The second-order valence-corrected chi connectivity index (χ2v) is 8.21. The van der Waals surface area contributed by atoms with Gasteiger partial charge in [-0.1, -0.05) is 11.3 Å². The first-order chi connectivity index (χ1) is 14.4. The first-order valence-corrected chi connectivity index (χ1v) is 10.3. The van der Waals surface area contributed by atoms with Crippen LogP contribution in [0, 0.1) is 0 Å². The van der Waals surface area contributed by atoms with Crippen molar-refractivity contribution in [3.05, 3.63) is 42.0 Å². The quantitative estimate of drug-likeness (QED) is 0.686. The lowest BCUT2D eigenvalue weighted by Crippen LogP contribution is -2.40. The molecule has 2 aliphatic heterocycles. The molecule has 158 valence electrons. The van der Waals surface area contributed by atoms with E-state index in [4.69, 9.17) is 4.98 Å². The van der Waals surface area contributed by atoms with Crippen molar-refractivity contribution in [1.82, 2.24) is 25.3 Å². The summed E-state index contributed by atoms with van der Waals surface area (Å²) < 4.78 is 40.7. The van der Waals surface area contributed by atoms with Gasteiger partial charge < -0.3 is 10.2 Å². The second-order valence-electron chi connectivity index (χ2n) is 8.21. The van der Waals surface area contributed by atoms with Gasteiger partial charge in [0.15, 0.2) is 5.65 Å². The normalized spacial score (nSPS) is 22.7. The molecule has 1 atom stereocenters. The Morgan fingerprint density at radius 1 is 1.00 bits per heavy atom. The van der Waals surface area contributed by atoms with E-state index >= 15 is 0 Å². The third kappa shape index (κ3) is 3.51. The fraction of sp³-hybridized carbons (Fsp3) is 0.476. The van der Waals surface area contributed by atoms with Crippen LogP contribution in [0.5, 0.6) is 0 Å². The summed E-state index contributed by atoms with van der Waals surface area (Å²) in [5.41, 5.74) is 0.841. The Bertz CT molecular complexity index is 1050. The van der Waals surface area contributed by atoms with Crippen LogP contribution in [0.3, 0.4) is 0 Å². The van der Waals surface area contributed by atoms with Crippen molar-refractivity contribution in [2.45, 2.75) is 43.8 Å². The lowest BCUT2D eigenvalue weighted by molar-refractivity contribution is -0.137. The van der Waals surface area contributed by atoms with Crippen LogP contribution in [0.4, 0.5) is 19.0 Å². The molecule has 1 spiro atoms. The van der Waals surface area contributed by atoms with E-state index in [1.165, 1.54) is 23.6 Å². The number of pyridine rings is 1. The number of nitrogens with zero attached hydrogens (tertiary/aromatic N) is 5. The minimum atomic E-state index is -4.42. The third-order valence-electron chi connectivity index (χ3n) is 6.30. The van der Waals surface area contributed by atoms with Gasteiger partial charge in [0.05, 0.1) is 11.3 Å². The van der Waals surface area contributed by atoms with E-state index in [0.717, 1.165) is 56.8 Å². The predicted molar refractivity (Wildman–Crippen MR) is 108 cm³/mol. The minimum absolute atomic E-state index is 0.250. The highest BCUT2D eigenvalue weighted by Gasteiger charge is 2.35. The Morgan fingerprint density at radius 3 is 2.67 bits per heavy atom. The molecule has 30 heavy (non-hydrogen) atoms. The van der Waals surface area contributed by atoms with Gasteiger partial charge >= 0.3 is 6.18 Å². The zero-order valence-electron chi connectivity index (χ0n) is 16.5. The lowest BCUT2D eigenvalue weighted by Gasteiger charge is -2.28. The van der Waals surface area contributed by atoms with Gasteiger partial charge in [-0.2, -0.15) is 17.9 Å². The summed E-state index contributed by atoms with van der Waals surface area (Å²) in [6.07, 6.45) is 1.35. The average Bonchev–Trinajstić information content (AvgIpc) is 3.31. The maximum atomic E-state index is 13.1. The Kier molecular flexibility index (Phi) is 4.65. The van der Waals surface area contributed by atoms with Crippen LogP contribution >= 0.6 is 0 Å². The molecule has 1 N–H and O–H groups in total. The van der Waals surface area contributed by atoms with E-state index < -0.39 is 11.7 Å². The number of rotatable bonds is 2. The van der Waals surface area contributed by atoms with Crippen molar-refractivity contribution >= 4 is 17.0 Å². The first kappa shape index (κ1) is 19.3. The zero-order chi connectivity index (χ0) is 20.8. The molecule has 6 nitrogen and oxygen atoms in total. The second kappa shape index (κ2) is 7.23. The molecule has 3 aromatic rings. The number of hydrogen-bond acceptors (Lipinski definition) is 5. The van der Waals surface area contributed by atoms with Crippen LogP contribution in [-0.2, 0) is 6.18 Å². The highest BCUT2D eigenvalue weighted by molar-refractivity contribution is 5.74. The monoisotopic (exact) mass is 416 g/mol. The maximum Gasteiger partial charge on any atom is 0.416 e. The smallest absolute Gasteiger partial charge is 0.356 e. The Hall–Kier alpha value is -2.68. The SMILES string of the molecule is FC(F)(F)c1cccc(-n2nnc3ccc(N4CCCC5(CCCN5)CC4)nc32)c1. The zero-order valence-corrected chi connectivity index (χ0v) is 16.5. The summed E-state index contributed by atoms with van der Waals surface area (Å²) in [4.78, 5) is 7.01. The fourth-order valence-corrected chi connectivity index (χ4v) is 4.68. The van der Waals surface area contributed by atoms with Gasteiger partial charge in [-0.15, -0.1) is 5.10 Å². The molecular formula is C21H23F3N6. The van der Waals surface area contributed by atoms with Gasteiger partial charge in [0, 0.05) is 18.6 Å². The average molecular weight is 416 g/mol. The molecule has 2 saturated heterocycles. The topological polar surface area (TPSA) is 58.9 Å².